The summed E-state index contributed by atoms with van der Waals surface area (Å²) in [6.45, 7) is 0. The van der Waals surface area contributed by atoms with Crippen LogP contribution in [0.5, 0.6) is 0 Å². The van der Waals surface area contributed by atoms with Crippen molar-refractivity contribution in [1.29, 1.82) is 0 Å². The highest BCUT2D eigenvalue weighted by atomic mass is 19.1. The van der Waals surface area contributed by atoms with E-state index < -0.39 is 5.82 Å². The summed E-state index contributed by atoms with van der Waals surface area (Å²) in [5, 5.41) is 3.01. The molecule has 2 aromatic carbocycles. The second-order valence-electron chi connectivity index (χ2n) is 4.79. The molecule has 1 aliphatic heterocycles. The van der Waals surface area contributed by atoms with E-state index in [1.807, 2.05) is 0 Å². The van der Waals surface area contributed by atoms with Crippen LogP contribution in [-0.2, 0) is 0 Å². The summed E-state index contributed by atoms with van der Waals surface area (Å²) in [5.41, 5.74) is 7.83. The number of carbonyl (C=O) groups is 2. The Hall–Kier alpha value is -2.89. The fraction of sp³-hybridized carbons (Fsp3) is 0.0667. The fourth-order valence-electron chi connectivity index (χ4n) is 2.24. The Morgan fingerprint density at radius 1 is 1.05 bits per heavy atom. The number of imide groups is 1. The molecule has 106 valence electrons. The summed E-state index contributed by atoms with van der Waals surface area (Å²) in [5.74, 6) is -1.08. The highest BCUT2D eigenvalue weighted by Gasteiger charge is 2.32. The van der Waals surface area contributed by atoms with Crippen molar-refractivity contribution in [2.75, 3.05) is 18.1 Å². The smallest absolute Gasteiger partial charge is 0.261 e. The van der Waals surface area contributed by atoms with Gasteiger partial charge in [0.25, 0.3) is 11.8 Å². The monoisotopic (exact) mass is 285 g/mol. The first-order valence-electron chi connectivity index (χ1n) is 6.26. The average molecular weight is 285 g/mol. The molecule has 6 heteroatoms. The highest BCUT2D eigenvalue weighted by molar-refractivity contribution is 6.21. The first kappa shape index (κ1) is 13.1. The molecule has 0 aliphatic carbocycles. The third kappa shape index (κ3) is 2.10. The van der Waals surface area contributed by atoms with Crippen LogP contribution in [0.15, 0.2) is 36.4 Å². The number of benzene rings is 2. The fourth-order valence-corrected chi connectivity index (χ4v) is 2.24. The standard InChI is InChI=1S/C15H12FN3O2/c1-19-14(20)10-4-3-9(7-11(10)15(19)21)18-13-5-2-8(16)6-12(13)17/h2-7,18H,17H2,1H3. The molecule has 1 aliphatic rings. The van der Waals surface area contributed by atoms with Crippen molar-refractivity contribution in [2.45, 2.75) is 0 Å². The Balaban J connectivity index is 1.95. The molecule has 0 radical (unpaired) electrons. The molecular weight excluding hydrogens is 273 g/mol. The summed E-state index contributed by atoms with van der Waals surface area (Å²) in [7, 11) is 1.44. The molecule has 21 heavy (non-hydrogen) atoms. The van der Waals surface area contributed by atoms with Crippen LogP contribution in [0, 0.1) is 5.82 Å². The molecule has 0 fully saturated rings. The predicted molar refractivity (Wildman–Crippen MR) is 77.0 cm³/mol. The van der Waals surface area contributed by atoms with Gasteiger partial charge < -0.3 is 11.1 Å². The van der Waals surface area contributed by atoms with E-state index in [0.717, 1.165) is 4.90 Å². The summed E-state index contributed by atoms with van der Waals surface area (Å²) in [4.78, 5) is 24.8. The van der Waals surface area contributed by atoms with Gasteiger partial charge in [0, 0.05) is 12.7 Å². The largest absolute Gasteiger partial charge is 0.397 e. The zero-order valence-electron chi connectivity index (χ0n) is 11.2. The van der Waals surface area contributed by atoms with Gasteiger partial charge in [-0.25, -0.2) is 4.39 Å². The molecule has 0 unspecified atom stereocenters. The number of nitrogens with zero attached hydrogens (tertiary/aromatic N) is 1. The van der Waals surface area contributed by atoms with Crippen LogP contribution < -0.4 is 11.1 Å². The number of nitrogen functional groups attached to an aromatic ring is 1. The van der Waals surface area contributed by atoms with Crippen molar-refractivity contribution in [2.24, 2.45) is 0 Å². The topological polar surface area (TPSA) is 75.4 Å². The molecule has 5 nitrogen and oxygen atoms in total. The SMILES string of the molecule is CN1C(=O)c2ccc(Nc3ccc(F)cc3N)cc2C1=O. The Morgan fingerprint density at radius 2 is 1.76 bits per heavy atom. The lowest BCUT2D eigenvalue weighted by Crippen LogP contribution is -2.24. The van der Waals surface area contributed by atoms with Crippen molar-refractivity contribution in [1.82, 2.24) is 4.90 Å². The van der Waals surface area contributed by atoms with E-state index in [2.05, 4.69) is 5.32 Å². The average Bonchev–Trinajstić information content (AvgIpc) is 2.67. The number of anilines is 3. The molecular formula is C15H12FN3O2. The van der Waals surface area contributed by atoms with Crippen LogP contribution in [-0.4, -0.2) is 23.8 Å². The maximum absolute atomic E-state index is 13.0. The van der Waals surface area contributed by atoms with Crippen molar-refractivity contribution in [3.05, 3.63) is 53.3 Å². The van der Waals surface area contributed by atoms with E-state index in [0.29, 0.717) is 22.5 Å². The maximum Gasteiger partial charge on any atom is 0.261 e. The predicted octanol–water partition coefficient (Wildman–Crippen LogP) is 2.38. The Bertz CT molecular complexity index is 774. The molecule has 3 rings (SSSR count). The van der Waals surface area contributed by atoms with Crippen molar-refractivity contribution in [3.8, 4) is 0 Å². The minimum absolute atomic E-state index is 0.259. The minimum atomic E-state index is -0.422. The summed E-state index contributed by atoms with van der Waals surface area (Å²) >= 11 is 0. The number of halogens is 1. The molecule has 3 N–H and O–H groups in total. The van der Waals surface area contributed by atoms with Crippen LogP contribution in [0.2, 0.25) is 0 Å². The maximum atomic E-state index is 13.0. The van der Waals surface area contributed by atoms with Crippen LogP contribution in [0.25, 0.3) is 0 Å². The van der Waals surface area contributed by atoms with Gasteiger partial charge in [0.15, 0.2) is 0 Å². The lowest BCUT2D eigenvalue weighted by atomic mass is 10.1. The molecule has 0 aromatic heterocycles. The second-order valence-corrected chi connectivity index (χ2v) is 4.79. The van der Waals surface area contributed by atoms with E-state index in [4.69, 9.17) is 5.73 Å². The number of hydrogen-bond acceptors (Lipinski definition) is 4. The van der Waals surface area contributed by atoms with Gasteiger partial charge in [0.2, 0.25) is 0 Å². The number of amides is 2. The number of hydrogen-bond donors (Lipinski definition) is 2. The van der Waals surface area contributed by atoms with Crippen molar-refractivity contribution >= 4 is 28.9 Å². The molecule has 0 spiro atoms. The van der Waals surface area contributed by atoms with E-state index in [1.54, 1.807) is 18.2 Å². The quantitative estimate of drug-likeness (QED) is 0.656. The molecule has 2 aromatic rings. The normalized spacial score (nSPS) is 13.5. The van der Waals surface area contributed by atoms with Gasteiger partial charge in [0.05, 0.1) is 22.5 Å². The van der Waals surface area contributed by atoms with Gasteiger partial charge >= 0.3 is 0 Å². The Labute approximate surface area is 120 Å². The van der Waals surface area contributed by atoms with Gasteiger partial charge in [-0.15, -0.1) is 0 Å². The van der Waals surface area contributed by atoms with Gasteiger partial charge in [0.1, 0.15) is 5.82 Å². The Kier molecular flexibility index (Phi) is 2.86. The first-order valence-corrected chi connectivity index (χ1v) is 6.26. The van der Waals surface area contributed by atoms with E-state index in [1.165, 1.54) is 25.2 Å². The third-order valence-corrected chi connectivity index (χ3v) is 3.38. The minimum Gasteiger partial charge on any atom is -0.397 e. The number of nitrogens with one attached hydrogen (secondary N) is 1. The molecule has 0 saturated heterocycles. The molecule has 2 amide bonds. The van der Waals surface area contributed by atoms with Crippen molar-refractivity contribution in [3.63, 3.8) is 0 Å². The van der Waals surface area contributed by atoms with Gasteiger partial charge in [-0.3, -0.25) is 14.5 Å². The zero-order valence-corrected chi connectivity index (χ0v) is 11.2. The number of carbonyl (C=O) groups excluding carboxylic acids is 2. The lowest BCUT2D eigenvalue weighted by Gasteiger charge is -2.10. The van der Waals surface area contributed by atoms with E-state index in [9.17, 15) is 14.0 Å². The molecule has 0 atom stereocenters. The van der Waals surface area contributed by atoms with Crippen LogP contribution in [0.1, 0.15) is 20.7 Å². The molecule has 1 heterocycles. The third-order valence-electron chi connectivity index (χ3n) is 3.38. The Morgan fingerprint density at radius 3 is 2.48 bits per heavy atom. The van der Waals surface area contributed by atoms with Crippen molar-refractivity contribution < 1.29 is 14.0 Å². The zero-order chi connectivity index (χ0) is 15.1. The van der Waals surface area contributed by atoms with E-state index in [-0.39, 0.29) is 17.5 Å². The second kappa shape index (κ2) is 4.59. The molecule has 0 saturated carbocycles. The first-order chi connectivity index (χ1) is 9.97. The number of rotatable bonds is 2. The van der Waals surface area contributed by atoms with Crippen LogP contribution >= 0.6 is 0 Å². The highest BCUT2D eigenvalue weighted by Crippen LogP contribution is 2.28. The van der Waals surface area contributed by atoms with Crippen LogP contribution in [0.4, 0.5) is 21.5 Å². The summed E-state index contributed by atoms with van der Waals surface area (Å²) < 4.78 is 13.0. The molecule has 0 bridgehead atoms. The lowest BCUT2D eigenvalue weighted by molar-refractivity contribution is 0.0693. The van der Waals surface area contributed by atoms with Gasteiger partial charge in [-0.2, -0.15) is 0 Å². The van der Waals surface area contributed by atoms with Gasteiger partial charge in [-0.1, -0.05) is 0 Å². The number of nitrogens with two attached hydrogens (primary N) is 1. The summed E-state index contributed by atoms with van der Waals surface area (Å²) in [6, 6.07) is 8.85. The summed E-state index contributed by atoms with van der Waals surface area (Å²) in [6.07, 6.45) is 0. The van der Waals surface area contributed by atoms with Gasteiger partial charge in [-0.05, 0) is 36.4 Å². The van der Waals surface area contributed by atoms with Crippen LogP contribution in [0.3, 0.4) is 0 Å². The van der Waals surface area contributed by atoms with E-state index >= 15 is 0 Å². The number of fused-ring (bicyclic) bond motifs is 1.